The quantitative estimate of drug-likeness (QED) is 0.757. The minimum Gasteiger partial charge on any atom is -0.495 e. The Labute approximate surface area is 93.1 Å². The summed E-state index contributed by atoms with van der Waals surface area (Å²) in [5, 5.41) is 17.2. The van der Waals surface area contributed by atoms with Gasteiger partial charge in [-0.3, -0.25) is 4.79 Å². The molecule has 0 atom stereocenters. The molecule has 80 valence electrons. The maximum Gasteiger partial charge on any atom is 0.315 e. The van der Waals surface area contributed by atoms with Crippen LogP contribution in [-0.4, -0.2) is 18.2 Å². The highest BCUT2D eigenvalue weighted by Crippen LogP contribution is 2.18. The summed E-state index contributed by atoms with van der Waals surface area (Å²) in [6.07, 6.45) is -0.214. The number of ether oxygens (including phenoxy) is 1. The Morgan fingerprint density at radius 1 is 1.56 bits per heavy atom. The molecule has 0 bridgehead atoms. The highest BCUT2D eigenvalue weighted by atomic mass is 16.5. The van der Waals surface area contributed by atoms with Gasteiger partial charge in [0, 0.05) is 5.56 Å². The Morgan fingerprint density at radius 2 is 2.31 bits per heavy atom. The van der Waals surface area contributed by atoms with Crippen molar-refractivity contribution in [2.45, 2.75) is 6.42 Å². The number of hydrogen-bond acceptors (Lipinski definition) is 3. The molecule has 1 aromatic carbocycles. The van der Waals surface area contributed by atoms with Gasteiger partial charge in [0.1, 0.15) is 18.2 Å². The molecule has 4 heteroatoms. The maximum atomic E-state index is 10.2. The lowest BCUT2D eigenvalue weighted by molar-refractivity contribution is -0.135. The Bertz CT molecular complexity index is 503. The number of carbonyl (C=O) groups is 1. The van der Waals surface area contributed by atoms with E-state index < -0.39 is 5.97 Å². The Morgan fingerprint density at radius 3 is 2.88 bits per heavy atom. The lowest BCUT2D eigenvalue weighted by atomic mass is 10.1. The van der Waals surface area contributed by atoms with E-state index in [0.717, 1.165) is 0 Å². The van der Waals surface area contributed by atoms with Crippen LogP contribution in [0, 0.1) is 23.2 Å². The summed E-state index contributed by atoms with van der Waals surface area (Å²) in [4.78, 5) is 10.2. The predicted octanol–water partition coefficient (Wildman–Crippen LogP) is 1.39. The Kier molecular flexibility index (Phi) is 3.94. The second-order valence-corrected chi connectivity index (χ2v) is 2.90. The van der Waals surface area contributed by atoms with Gasteiger partial charge in [-0.05, 0) is 18.2 Å². The third-order valence-corrected chi connectivity index (χ3v) is 1.79. The number of aliphatic carboxylic acids is 1. The van der Waals surface area contributed by atoms with E-state index in [4.69, 9.17) is 15.1 Å². The first-order valence-electron chi connectivity index (χ1n) is 4.46. The van der Waals surface area contributed by atoms with Gasteiger partial charge >= 0.3 is 5.97 Å². The van der Waals surface area contributed by atoms with Crippen LogP contribution in [0.25, 0.3) is 0 Å². The van der Waals surface area contributed by atoms with Crippen LogP contribution in [0.3, 0.4) is 0 Å². The van der Waals surface area contributed by atoms with Gasteiger partial charge in [0.25, 0.3) is 0 Å². The van der Waals surface area contributed by atoms with E-state index in [1.165, 1.54) is 7.11 Å². The summed E-state index contributed by atoms with van der Waals surface area (Å²) in [5.74, 6) is 4.66. The summed E-state index contributed by atoms with van der Waals surface area (Å²) in [7, 11) is 1.48. The zero-order valence-corrected chi connectivity index (χ0v) is 8.65. The molecule has 0 aliphatic heterocycles. The molecule has 0 heterocycles. The average molecular weight is 215 g/mol. The standard InChI is InChI=1S/C12H9NO3/c1-16-11-6-5-9(7-10(11)8-13)3-2-4-12(14)15/h5-7H,4H2,1H3,(H,14,15). The van der Waals surface area contributed by atoms with Crippen LogP contribution < -0.4 is 4.74 Å². The van der Waals surface area contributed by atoms with Crippen molar-refractivity contribution in [1.82, 2.24) is 0 Å². The number of nitrogens with zero attached hydrogens (tertiary/aromatic N) is 1. The Hall–Kier alpha value is -2.46. The smallest absolute Gasteiger partial charge is 0.315 e. The summed E-state index contributed by atoms with van der Waals surface area (Å²) in [6, 6.07) is 6.84. The van der Waals surface area contributed by atoms with Crippen molar-refractivity contribution < 1.29 is 14.6 Å². The monoisotopic (exact) mass is 215 g/mol. The molecule has 0 fully saturated rings. The zero-order chi connectivity index (χ0) is 12.0. The van der Waals surface area contributed by atoms with Gasteiger partial charge in [0.15, 0.2) is 0 Å². The van der Waals surface area contributed by atoms with Crippen molar-refractivity contribution in [3.8, 4) is 23.7 Å². The number of methoxy groups -OCH3 is 1. The molecule has 1 N–H and O–H groups in total. The fourth-order valence-electron chi connectivity index (χ4n) is 1.09. The van der Waals surface area contributed by atoms with E-state index in [0.29, 0.717) is 16.9 Å². The first-order chi connectivity index (χ1) is 7.67. The van der Waals surface area contributed by atoms with Crippen LogP contribution in [0.1, 0.15) is 17.5 Å². The molecule has 0 spiro atoms. The van der Waals surface area contributed by atoms with Gasteiger partial charge in [-0.15, -0.1) is 0 Å². The molecule has 16 heavy (non-hydrogen) atoms. The minimum absolute atomic E-state index is 0.214. The number of carboxylic acid groups (broad SMARTS) is 1. The topological polar surface area (TPSA) is 70.3 Å². The molecule has 0 saturated carbocycles. The van der Waals surface area contributed by atoms with E-state index in [-0.39, 0.29) is 6.42 Å². The van der Waals surface area contributed by atoms with Crippen molar-refractivity contribution >= 4 is 5.97 Å². The van der Waals surface area contributed by atoms with Crippen LogP contribution in [0.4, 0.5) is 0 Å². The number of benzene rings is 1. The molecule has 0 amide bonds. The van der Waals surface area contributed by atoms with Crippen molar-refractivity contribution in [1.29, 1.82) is 5.26 Å². The van der Waals surface area contributed by atoms with E-state index in [9.17, 15) is 4.79 Å². The normalized spacial score (nSPS) is 8.50. The van der Waals surface area contributed by atoms with Crippen LogP contribution >= 0.6 is 0 Å². The van der Waals surface area contributed by atoms with Gasteiger partial charge in [-0.2, -0.15) is 5.26 Å². The van der Waals surface area contributed by atoms with Crippen LogP contribution in [0.5, 0.6) is 5.75 Å². The molecular weight excluding hydrogens is 206 g/mol. The lowest BCUT2D eigenvalue weighted by Crippen LogP contribution is -1.91. The van der Waals surface area contributed by atoms with E-state index in [1.54, 1.807) is 18.2 Å². The molecule has 0 aromatic heterocycles. The maximum absolute atomic E-state index is 10.2. The minimum atomic E-state index is -0.971. The first kappa shape index (κ1) is 11.6. The number of rotatable bonds is 2. The summed E-state index contributed by atoms with van der Waals surface area (Å²) < 4.78 is 4.97. The zero-order valence-electron chi connectivity index (χ0n) is 8.65. The number of hydrogen-bond donors (Lipinski definition) is 1. The molecule has 0 aliphatic rings. The van der Waals surface area contributed by atoms with E-state index in [1.807, 2.05) is 6.07 Å². The largest absolute Gasteiger partial charge is 0.495 e. The first-order valence-corrected chi connectivity index (χ1v) is 4.46. The molecule has 0 saturated heterocycles. The van der Waals surface area contributed by atoms with Crippen LogP contribution in [0.2, 0.25) is 0 Å². The van der Waals surface area contributed by atoms with Gasteiger partial charge < -0.3 is 9.84 Å². The van der Waals surface area contributed by atoms with E-state index in [2.05, 4.69) is 11.8 Å². The summed E-state index contributed by atoms with van der Waals surface area (Å²) >= 11 is 0. The van der Waals surface area contributed by atoms with Crippen molar-refractivity contribution in [3.05, 3.63) is 29.3 Å². The fourth-order valence-corrected chi connectivity index (χ4v) is 1.09. The van der Waals surface area contributed by atoms with E-state index >= 15 is 0 Å². The molecule has 0 aliphatic carbocycles. The molecule has 1 aromatic rings. The molecule has 0 unspecified atom stereocenters. The molecule has 1 rings (SSSR count). The molecular formula is C12H9NO3. The van der Waals surface area contributed by atoms with Crippen molar-refractivity contribution in [3.63, 3.8) is 0 Å². The number of nitriles is 1. The molecule has 0 radical (unpaired) electrons. The lowest BCUT2D eigenvalue weighted by Gasteiger charge is -2.01. The van der Waals surface area contributed by atoms with Crippen molar-refractivity contribution in [2.75, 3.05) is 7.11 Å². The third-order valence-electron chi connectivity index (χ3n) is 1.79. The fraction of sp³-hybridized carbons (Fsp3) is 0.167. The van der Waals surface area contributed by atoms with Gasteiger partial charge in [0.05, 0.1) is 12.7 Å². The third kappa shape index (κ3) is 3.04. The second kappa shape index (κ2) is 5.43. The SMILES string of the molecule is COc1ccc(C#CCC(=O)O)cc1C#N. The summed E-state index contributed by atoms with van der Waals surface area (Å²) in [6.45, 7) is 0. The average Bonchev–Trinajstić information content (AvgIpc) is 2.28. The van der Waals surface area contributed by atoms with Gasteiger partial charge in [-0.25, -0.2) is 0 Å². The summed E-state index contributed by atoms with van der Waals surface area (Å²) in [5.41, 5.74) is 0.975. The Balaban J connectivity index is 2.95. The molecule has 4 nitrogen and oxygen atoms in total. The highest BCUT2D eigenvalue weighted by molar-refractivity contribution is 5.70. The second-order valence-electron chi connectivity index (χ2n) is 2.90. The number of carboxylic acids is 1. The van der Waals surface area contributed by atoms with Gasteiger partial charge in [-0.1, -0.05) is 11.8 Å². The predicted molar refractivity (Wildman–Crippen MR) is 56.8 cm³/mol. The van der Waals surface area contributed by atoms with Crippen molar-refractivity contribution in [2.24, 2.45) is 0 Å². The van der Waals surface area contributed by atoms with Crippen LogP contribution in [-0.2, 0) is 4.79 Å². The van der Waals surface area contributed by atoms with Crippen LogP contribution in [0.15, 0.2) is 18.2 Å². The van der Waals surface area contributed by atoms with Gasteiger partial charge in [0.2, 0.25) is 0 Å². The highest BCUT2D eigenvalue weighted by Gasteiger charge is 2.01.